The van der Waals surface area contributed by atoms with E-state index in [0.717, 1.165) is 0 Å². The Balaban J connectivity index is 2.60. The number of benzene rings is 1. The molecule has 2 N–H and O–H groups in total. The van der Waals surface area contributed by atoms with E-state index in [-0.39, 0.29) is 11.7 Å². The number of rotatable bonds is 1. The molecule has 0 atom stereocenters. The molecule has 0 spiro atoms. The van der Waals surface area contributed by atoms with Gasteiger partial charge in [0.2, 0.25) is 0 Å². The lowest BCUT2D eigenvalue weighted by Crippen LogP contribution is -1.87. The highest BCUT2D eigenvalue weighted by atomic mass is 19.1. The molecule has 0 amide bonds. The molecule has 0 radical (unpaired) electrons. The van der Waals surface area contributed by atoms with Crippen LogP contribution >= 0.6 is 0 Å². The Morgan fingerprint density at radius 3 is 2.50 bits per heavy atom. The van der Waals surface area contributed by atoms with Gasteiger partial charge in [0.05, 0.1) is 0 Å². The van der Waals surface area contributed by atoms with Crippen LogP contribution in [0.3, 0.4) is 0 Å². The zero-order valence-corrected chi connectivity index (χ0v) is 7.75. The molecule has 0 saturated carbocycles. The van der Waals surface area contributed by atoms with E-state index in [1.807, 2.05) is 0 Å². The van der Waals surface area contributed by atoms with Crippen LogP contribution in [0.25, 0.3) is 11.1 Å². The maximum Gasteiger partial charge on any atom is 0.198 e. The fourth-order valence-electron chi connectivity index (χ4n) is 1.42. The molecule has 1 aromatic heterocycles. The number of anilines is 1. The van der Waals surface area contributed by atoms with Gasteiger partial charge in [-0.3, -0.25) is 0 Å². The lowest BCUT2D eigenvalue weighted by atomic mass is 10.1. The largest absolute Gasteiger partial charge is 0.446 e. The van der Waals surface area contributed by atoms with E-state index in [9.17, 15) is 4.39 Å². The first-order valence-corrected chi connectivity index (χ1v) is 4.29. The van der Waals surface area contributed by atoms with Crippen molar-refractivity contribution in [1.82, 2.24) is 0 Å². The molecule has 2 aromatic rings. The van der Waals surface area contributed by atoms with Crippen molar-refractivity contribution in [2.45, 2.75) is 6.92 Å². The van der Waals surface area contributed by atoms with Crippen molar-refractivity contribution in [3.8, 4) is 11.1 Å². The number of nitrogen functional groups attached to an aromatic ring is 1. The quantitative estimate of drug-likeness (QED) is 0.752. The third kappa shape index (κ3) is 1.37. The second kappa shape index (κ2) is 3.18. The molecular formula is C11H10FNO. The fraction of sp³-hybridized carbons (Fsp3) is 0.0909. The van der Waals surface area contributed by atoms with Crippen molar-refractivity contribution in [3.05, 3.63) is 41.9 Å². The van der Waals surface area contributed by atoms with Crippen molar-refractivity contribution in [1.29, 1.82) is 0 Å². The van der Waals surface area contributed by atoms with Gasteiger partial charge in [0.25, 0.3) is 0 Å². The van der Waals surface area contributed by atoms with E-state index in [4.69, 9.17) is 10.2 Å². The Labute approximate surface area is 81.2 Å². The summed E-state index contributed by atoms with van der Waals surface area (Å²) in [6, 6.07) is 8.21. The van der Waals surface area contributed by atoms with Crippen LogP contribution in [0.15, 0.2) is 34.7 Å². The first-order valence-electron chi connectivity index (χ1n) is 4.29. The van der Waals surface area contributed by atoms with Crippen molar-refractivity contribution in [2.75, 3.05) is 5.73 Å². The van der Waals surface area contributed by atoms with Crippen molar-refractivity contribution >= 4 is 5.88 Å². The zero-order chi connectivity index (χ0) is 10.1. The van der Waals surface area contributed by atoms with Gasteiger partial charge in [-0.25, -0.2) is 4.39 Å². The Morgan fingerprint density at radius 1 is 1.21 bits per heavy atom. The van der Waals surface area contributed by atoms with Gasteiger partial charge in [-0.15, -0.1) is 0 Å². The SMILES string of the molecule is Cc1cc(-c2ccccc2F)c(N)o1. The van der Waals surface area contributed by atoms with Crippen LogP contribution in [0, 0.1) is 12.7 Å². The average molecular weight is 191 g/mol. The Bertz CT molecular complexity index is 462. The van der Waals surface area contributed by atoms with Crippen molar-refractivity contribution < 1.29 is 8.81 Å². The standard InChI is InChI=1S/C11H10FNO/c1-7-6-9(11(13)14-7)8-4-2-3-5-10(8)12/h2-6H,13H2,1H3. The van der Waals surface area contributed by atoms with Gasteiger partial charge in [-0.1, -0.05) is 18.2 Å². The summed E-state index contributed by atoms with van der Waals surface area (Å²) in [4.78, 5) is 0. The van der Waals surface area contributed by atoms with Gasteiger partial charge >= 0.3 is 0 Å². The molecule has 0 unspecified atom stereocenters. The number of aryl methyl sites for hydroxylation is 1. The lowest BCUT2D eigenvalue weighted by Gasteiger charge is -1.99. The Morgan fingerprint density at radius 2 is 1.93 bits per heavy atom. The number of hydrogen-bond donors (Lipinski definition) is 1. The van der Waals surface area contributed by atoms with Crippen LogP contribution in [0.5, 0.6) is 0 Å². The highest BCUT2D eigenvalue weighted by Crippen LogP contribution is 2.30. The molecule has 0 aliphatic carbocycles. The molecule has 0 aliphatic heterocycles. The molecule has 0 saturated heterocycles. The predicted octanol–water partition coefficient (Wildman–Crippen LogP) is 2.98. The summed E-state index contributed by atoms with van der Waals surface area (Å²) in [6.45, 7) is 1.78. The third-order valence-electron chi connectivity index (χ3n) is 2.05. The summed E-state index contributed by atoms with van der Waals surface area (Å²) < 4.78 is 18.5. The lowest BCUT2D eigenvalue weighted by molar-refractivity contribution is 0.553. The van der Waals surface area contributed by atoms with Crippen LogP contribution in [0.1, 0.15) is 5.76 Å². The van der Waals surface area contributed by atoms with Gasteiger partial charge in [-0.05, 0) is 19.1 Å². The molecule has 0 bridgehead atoms. The minimum atomic E-state index is -0.292. The third-order valence-corrected chi connectivity index (χ3v) is 2.05. The molecule has 0 fully saturated rings. The van der Waals surface area contributed by atoms with E-state index in [1.165, 1.54) is 6.07 Å². The first kappa shape index (κ1) is 8.81. The number of halogens is 1. The molecule has 0 aliphatic rings. The first-order chi connectivity index (χ1) is 6.68. The molecule has 1 aromatic carbocycles. The molecule has 72 valence electrons. The van der Waals surface area contributed by atoms with E-state index >= 15 is 0 Å². The molecule has 2 nitrogen and oxygen atoms in total. The van der Waals surface area contributed by atoms with Crippen LogP contribution in [-0.4, -0.2) is 0 Å². The summed E-state index contributed by atoms with van der Waals surface area (Å²) in [7, 11) is 0. The van der Waals surface area contributed by atoms with E-state index in [0.29, 0.717) is 16.9 Å². The maximum atomic E-state index is 13.4. The molecule has 14 heavy (non-hydrogen) atoms. The molecule has 1 heterocycles. The minimum Gasteiger partial charge on any atom is -0.446 e. The van der Waals surface area contributed by atoms with Crippen molar-refractivity contribution in [3.63, 3.8) is 0 Å². The number of hydrogen-bond acceptors (Lipinski definition) is 2. The number of furan rings is 1. The second-order valence-electron chi connectivity index (χ2n) is 3.11. The topological polar surface area (TPSA) is 39.2 Å². The molecule has 3 heteroatoms. The highest BCUT2D eigenvalue weighted by molar-refractivity contribution is 5.73. The summed E-state index contributed by atoms with van der Waals surface area (Å²) in [5.41, 5.74) is 6.69. The number of nitrogens with two attached hydrogens (primary N) is 1. The second-order valence-corrected chi connectivity index (χ2v) is 3.11. The van der Waals surface area contributed by atoms with Crippen LogP contribution in [0.4, 0.5) is 10.3 Å². The minimum absolute atomic E-state index is 0.257. The van der Waals surface area contributed by atoms with Crippen molar-refractivity contribution in [2.24, 2.45) is 0 Å². The smallest absolute Gasteiger partial charge is 0.198 e. The normalized spacial score (nSPS) is 10.4. The van der Waals surface area contributed by atoms with E-state index < -0.39 is 0 Å². The fourth-order valence-corrected chi connectivity index (χ4v) is 1.42. The maximum absolute atomic E-state index is 13.4. The summed E-state index contributed by atoms with van der Waals surface area (Å²) in [6.07, 6.45) is 0. The summed E-state index contributed by atoms with van der Waals surface area (Å²) >= 11 is 0. The molecule has 2 rings (SSSR count). The average Bonchev–Trinajstić information content (AvgIpc) is 2.46. The van der Waals surface area contributed by atoms with Gasteiger partial charge < -0.3 is 10.2 Å². The summed E-state index contributed by atoms with van der Waals surface area (Å²) in [5, 5.41) is 0. The summed E-state index contributed by atoms with van der Waals surface area (Å²) in [5.74, 6) is 0.647. The van der Waals surface area contributed by atoms with Crippen LogP contribution < -0.4 is 5.73 Å². The zero-order valence-electron chi connectivity index (χ0n) is 7.75. The molecular weight excluding hydrogens is 181 g/mol. The van der Waals surface area contributed by atoms with E-state index in [1.54, 1.807) is 31.2 Å². The van der Waals surface area contributed by atoms with Gasteiger partial charge in [-0.2, -0.15) is 0 Å². The van der Waals surface area contributed by atoms with E-state index in [2.05, 4.69) is 0 Å². The predicted molar refractivity (Wildman–Crippen MR) is 53.3 cm³/mol. The van der Waals surface area contributed by atoms with Crippen LogP contribution in [-0.2, 0) is 0 Å². The Kier molecular flexibility index (Phi) is 2.00. The van der Waals surface area contributed by atoms with Gasteiger partial charge in [0.15, 0.2) is 5.88 Å². The van der Waals surface area contributed by atoms with Gasteiger partial charge in [0.1, 0.15) is 11.6 Å². The van der Waals surface area contributed by atoms with Crippen LogP contribution in [0.2, 0.25) is 0 Å². The highest BCUT2D eigenvalue weighted by Gasteiger charge is 2.11. The monoisotopic (exact) mass is 191 g/mol. The Hall–Kier alpha value is -1.77. The van der Waals surface area contributed by atoms with Gasteiger partial charge in [0, 0.05) is 11.1 Å².